The van der Waals surface area contributed by atoms with E-state index in [0.717, 1.165) is 5.56 Å². The van der Waals surface area contributed by atoms with E-state index in [0.29, 0.717) is 36.6 Å². The number of carbonyl (C=O) groups is 2. The predicted octanol–water partition coefficient (Wildman–Crippen LogP) is 3.84. The fourth-order valence-corrected chi connectivity index (χ4v) is 6.05. The molecule has 1 saturated heterocycles. The molecule has 4 rings (SSSR count). The zero-order valence-electron chi connectivity index (χ0n) is 21.9. The number of fused-ring (bicyclic) bond motifs is 1. The molecule has 3 unspecified atom stereocenters. The summed E-state index contributed by atoms with van der Waals surface area (Å²) in [5.74, 6) is -0.425. The third kappa shape index (κ3) is 6.01. The molecule has 0 spiro atoms. The highest BCUT2D eigenvalue weighted by atomic mass is 32.2. The number of benzene rings is 1. The molecule has 198 valence electrons. The Morgan fingerprint density at radius 2 is 1.89 bits per heavy atom. The number of nitrogens with zero attached hydrogens (tertiary/aromatic N) is 3. The molecular formula is C27H34N4O5S. The number of carbonyl (C=O) groups excluding carboxylic acids is 2. The van der Waals surface area contributed by atoms with Gasteiger partial charge in [-0.15, -0.1) is 0 Å². The molecule has 3 atom stereocenters. The topological polar surface area (TPSA) is 119 Å². The molecule has 2 amide bonds. The van der Waals surface area contributed by atoms with Gasteiger partial charge in [0.2, 0.25) is 5.91 Å². The van der Waals surface area contributed by atoms with E-state index in [9.17, 15) is 18.0 Å². The third-order valence-electron chi connectivity index (χ3n) is 6.65. The van der Waals surface area contributed by atoms with Gasteiger partial charge in [-0.05, 0) is 58.2 Å². The van der Waals surface area contributed by atoms with Crippen molar-refractivity contribution in [2.75, 3.05) is 13.1 Å². The monoisotopic (exact) mass is 526 g/mol. The van der Waals surface area contributed by atoms with E-state index in [-0.39, 0.29) is 29.2 Å². The Morgan fingerprint density at radius 3 is 2.57 bits per heavy atom. The summed E-state index contributed by atoms with van der Waals surface area (Å²) < 4.78 is 31.8. The van der Waals surface area contributed by atoms with E-state index in [1.165, 1.54) is 6.20 Å². The Kier molecular flexibility index (Phi) is 7.41. The van der Waals surface area contributed by atoms with Gasteiger partial charge in [0, 0.05) is 13.1 Å². The van der Waals surface area contributed by atoms with Gasteiger partial charge in [-0.1, -0.05) is 30.7 Å². The van der Waals surface area contributed by atoms with Crippen molar-refractivity contribution < 1.29 is 22.7 Å². The second-order valence-electron chi connectivity index (χ2n) is 10.8. The Morgan fingerprint density at radius 1 is 1.19 bits per heavy atom. The van der Waals surface area contributed by atoms with Crippen LogP contribution in [-0.2, 0) is 25.9 Å². The minimum absolute atomic E-state index is 0.112. The van der Waals surface area contributed by atoms with Crippen LogP contribution < -0.4 is 5.32 Å². The van der Waals surface area contributed by atoms with Gasteiger partial charge in [0.25, 0.3) is 0 Å². The largest absolute Gasteiger partial charge is 0.444 e. The molecule has 0 radical (unpaired) electrons. The number of hydrogen-bond acceptors (Lipinski definition) is 7. The molecule has 1 aromatic heterocycles. The highest BCUT2D eigenvalue weighted by Gasteiger charge is 2.36. The quantitative estimate of drug-likeness (QED) is 0.629. The van der Waals surface area contributed by atoms with Crippen molar-refractivity contribution in [2.45, 2.75) is 63.3 Å². The second kappa shape index (κ2) is 10.2. The summed E-state index contributed by atoms with van der Waals surface area (Å²) >= 11 is 0. The van der Waals surface area contributed by atoms with E-state index < -0.39 is 26.8 Å². The summed E-state index contributed by atoms with van der Waals surface area (Å²) in [4.78, 5) is 36.2. The van der Waals surface area contributed by atoms with Crippen LogP contribution in [0.25, 0.3) is 6.08 Å². The summed E-state index contributed by atoms with van der Waals surface area (Å²) in [5.41, 5.74) is 1.77. The number of aromatic nitrogens is 2. The van der Waals surface area contributed by atoms with E-state index >= 15 is 0 Å². The van der Waals surface area contributed by atoms with Gasteiger partial charge in [-0.25, -0.2) is 18.2 Å². The van der Waals surface area contributed by atoms with Gasteiger partial charge in [0.1, 0.15) is 10.9 Å². The Bertz CT molecular complexity index is 1320. The summed E-state index contributed by atoms with van der Waals surface area (Å²) in [6, 6.07) is 6.74. The molecule has 2 aromatic rings. The van der Waals surface area contributed by atoms with E-state index in [2.05, 4.69) is 15.3 Å². The van der Waals surface area contributed by atoms with Crippen molar-refractivity contribution in [3.63, 3.8) is 0 Å². The summed E-state index contributed by atoms with van der Waals surface area (Å²) in [6.45, 7) is 10.3. The number of nitrogens with one attached hydrogen (secondary N) is 1. The van der Waals surface area contributed by atoms with Crippen molar-refractivity contribution in [1.82, 2.24) is 20.2 Å². The van der Waals surface area contributed by atoms with Crippen LogP contribution in [0.1, 0.15) is 62.0 Å². The van der Waals surface area contributed by atoms with Crippen molar-refractivity contribution >= 4 is 27.9 Å². The molecule has 2 aliphatic rings. The lowest BCUT2D eigenvalue weighted by atomic mass is 9.86. The molecule has 1 aliphatic carbocycles. The lowest BCUT2D eigenvalue weighted by Gasteiger charge is -2.36. The van der Waals surface area contributed by atoms with Crippen LogP contribution in [0.3, 0.4) is 0 Å². The summed E-state index contributed by atoms with van der Waals surface area (Å²) in [6.07, 6.45) is 5.05. The van der Waals surface area contributed by atoms with Gasteiger partial charge in [-0.3, -0.25) is 9.78 Å². The molecule has 1 aromatic carbocycles. The minimum Gasteiger partial charge on any atom is -0.444 e. The first-order valence-corrected chi connectivity index (χ1v) is 14.0. The average Bonchev–Trinajstić information content (AvgIpc) is 3.26. The zero-order chi connectivity index (χ0) is 27.0. The van der Waals surface area contributed by atoms with Crippen LogP contribution in [-0.4, -0.2) is 54.0 Å². The standard InChI is InChI=1S/C27H34N4O5S/c1-17-6-8-20(9-7-17)37(34,35)23-11-10-22-24(23)28-14-19(30-22)15-29-25(32)21-16-31(13-12-18(21)2)26(33)36-27(3,4)5/h6-11,14,18,21,23H,12-13,15-16H2,1-5H3,(H,29,32). The van der Waals surface area contributed by atoms with Gasteiger partial charge in [0.15, 0.2) is 9.84 Å². The summed E-state index contributed by atoms with van der Waals surface area (Å²) in [7, 11) is -3.65. The van der Waals surface area contributed by atoms with Crippen LogP contribution in [0.5, 0.6) is 0 Å². The Balaban J connectivity index is 1.40. The molecular weight excluding hydrogens is 492 g/mol. The van der Waals surface area contributed by atoms with Crippen LogP contribution in [0.4, 0.5) is 4.79 Å². The highest BCUT2D eigenvalue weighted by Crippen LogP contribution is 2.35. The normalized spacial score (nSPS) is 21.4. The first-order valence-electron chi connectivity index (χ1n) is 12.5. The van der Waals surface area contributed by atoms with Gasteiger partial charge in [-0.2, -0.15) is 0 Å². The van der Waals surface area contributed by atoms with E-state index in [1.807, 2.05) is 34.6 Å². The number of rotatable bonds is 5. The average molecular weight is 527 g/mol. The van der Waals surface area contributed by atoms with Crippen LogP contribution in [0, 0.1) is 18.8 Å². The molecule has 1 aliphatic heterocycles. The number of amides is 2. The van der Waals surface area contributed by atoms with Crippen molar-refractivity contribution in [2.24, 2.45) is 11.8 Å². The molecule has 2 heterocycles. The van der Waals surface area contributed by atoms with Crippen molar-refractivity contribution in [3.8, 4) is 0 Å². The number of likely N-dealkylation sites (tertiary alicyclic amines) is 1. The number of piperidine rings is 1. The SMILES string of the molecule is Cc1ccc(S(=O)(=O)C2C=Cc3nc(CNC(=O)C4CN(C(=O)OC(C)(C)C)CCC4C)cnc32)cc1. The number of sulfone groups is 1. The number of ether oxygens (including phenoxy) is 1. The fourth-order valence-electron chi connectivity index (χ4n) is 4.48. The Hall–Kier alpha value is -3.27. The lowest BCUT2D eigenvalue weighted by Crippen LogP contribution is -2.49. The molecule has 10 heteroatoms. The Labute approximate surface area is 218 Å². The molecule has 1 N–H and O–H groups in total. The minimum atomic E-state index is -3.65. The first kappa shape index (κ1) is 26.8. The molecule has 37 heavy (non-hydrogen) atoms. The van der Waals surface area contributed by atoms with Crippen molar-refractivity contribution in [1.29, 1.82) is 0 Å². The van der Waals surface area contributed by atoms with Crippen LogP contribution >= 0.6 is 0 Å². The van der Waals surface area contributed by atoms with E-state index in [4.69, 9.17) is 4.74 Å². The summed E-state index contributed by atoms with van der Waals surface area (Å²) in [5, 5.41) is 2.01. The third-order valence-corrected chi connectivity index (χ3v) is 8.63. The van der Waals surface area contributed by atoms with Gasteiger partial charge >= 0.3 is 6.09 Å². The highest BCUT2D eigenvalue weighted by molar-refractivity contribution is 7.91. The van der Waals surface area contributed by atoms with Crippen molar-refractivity contribution in [3.05, 3.63) is 59.2 Å². The van der Waals surface area contributed by atoms with Crippen LogP contribution in [0.15, 0.2) is 41.4 Å². The number of hydrogen-bond donors (Lipinski definition) is 1. The maximum Gasteiger partial charge on any atom is 0.410 e. The first-order chi connectivity index (χ1) is 17.3. The molecule has 1 fully saturated rings. The molecule has 0 bridgehead atoms. The molecule has 0 saturated carbocycles. The number of aryl methyl sites for hydroxylation is 1. The van der Waals surface area contributed by atoms with Gasteiger partial charge < -0.3 is 15.0 Å². The van der Waals surface area contributed by atoms with E-state index in [1.54, 1.807) is 41.3 Å². The van der Waals surface area contributed by atoms with Crippen LogP contribution in [0.2, 0.25) is 0 Å². The second-order valence-corrected chi connectivity index (χ2v) is 12.9. The maximum atomic E-state index is 13.2. The van der Waals surface area contributed by atoms with Gasteiger partial charge in [0.05, 0.1) is 40.6 Å². The molecule has 9 nitrogen and oxygen atoms in total. The predicted molar refractivity (Wildman–Crippen MR) is 139 cm³/mol. The lowest BCUT2D eigenvalue weighted by molar-refractivity contribution is -0.128. The zero-order valence-corrected chi connectivity index (χ0v) is 22.7. The maximum absolute atomic E-state index is 13.2. The fraction of sp³-hybridized carbons (Fsp3) is 0.481. The smallest absolute Gasteiger partial charge is 0.410 e.